The molecule has 2 aliphatic rings. The topological polar surface area (TPSA) is 109 Å². The van der Waals surface area contributed by atoms with Crippen LogP contribution >= 0.6 is 0 Å². The number of piperidine rings is 1. The zero-order chi connectivity index (χ0) is 21.8. The second-order valence-corrected chi connectivity index (χ2v) is 8.46. The molecule has 4 rings (SSSR count). The van der Waals surface area contributed by atoms with Gasteiger partial charge >= 0.3 is 11.7 Å². The average Bonchev–Trinajstić information content (AvgIpc) is 2.78. The van der Waals surface area contributed by atoms with Crippen molar-refractivity contribution in [2.75, 3.05) is 44.6 Å². The van der Waals surface area contributed by atoms with Gasteiger partial charge in [-0.3, -0.25) is 14.8 Å². The number of nitrogens with zero attached hydrogens (tertiary/aromatic N) is 4. The summed E-state index contributed by atoms with van der Waals surface area (Å²) in [5, 5.41) is 5.91. The lowest BCUT2D eigenvalue weighted by molar-refractivity contribution is 0.158. The van der Waals surface area contributed by atoms with Crippen molar-refractivity contribution in [2.45, 2.75) is 25.9 Å². The first kappa shape index (κ1) is 21.5. The second-order valence-electron chi connectivity index (χ2n) is 8.46. The molecule has 2 amide bonds. The van der Waals surface area contributed by atoms with Gasteiger partial charge in [-0.1, -0.05) is 19.1 Å². The molecule has 0 spiro atoms. The fraction of sp³-hybridized carbons (Fsp3) is 0.500. The Morgan fingerprint density at radius 3 is 2.61 bits per heavy atom. The molecule has 2 atom stereocenters. The van der Waals surface area contributed by atoms with Gasteiger partial charge in [-0.25, -0.2) is 9.59 Å². The number of urea groups is 1. The molecule has 0 saturated carbocycles. The summed E-state index contributed by atoms with van der Waals surface area (Å²) in [5.41, 5.74) is 7.64. The van der Waals surface area contributed by atoms with Gasteiger partial charge in [0.25, 0.3) is 0 Å². The van der Waals surface area contributed by atoms with E-state index < -0.39 is 5.69 Å². The van der Waals surface area contributed by atoms with Crippen molar-refractivity contribution < 1.29 is 4.79 Å². The lowest BCUT2D eigenvalue weighted by Crippen LogP contribution is -2.48. The van der Waals surface area contributed by atoms with Crippen molar-refractivity contribution in [1.29, 1.82) is 0 Å². The van der Waals surface area contributed by atoms with Crippen LogP contribution in [0.4, 0.5) is 10.6 Å². The zero-order valence-corrected chi connectivity index (χ0v) is 18.0. The summed E-state index contributed by atoms with van der Waals surface area (Å²) in [4.78, 5) is 33.0. The number of carbonyl (C=O) groups excluding carboxylic acids is 1. The van der Waals surface area contributed by atoms with Crippen LogP contribution in [-0.4, -0.2) is 70.7 Å². The van der Waals surface area contributed by atoms with Crippen LogP contribution in [-0.2, 0) is 6.54 Å². The van der Waals surface area contributed by atoms with Gasteiger partial charge in [-0.2, -0.15) is 4.98 Å². The highest BCUT2D eigenvalue weighted by Gasteiger charge is 2.23. The van der Waals surface area contributed by atoms with Gasteiger partial charge in [-0.05, 0) is 42.6 Å². The summed E-state index contributed by atoms with van der Waals surface area (Å²) < 4.78 is 1.48. The van der Waals surface area contributed by atoms with E-state index in [1.54, 1.807) is 17.2 Å². The van der Waals surface area contributed by atoms with Crippen LogP contribution in [0.2, 0.25) is 0 Å². The van der Waals surface area contributed by atoms with Crippen molar-refractivity contribution in [2.24, 2.45) is 11.7 Å². The molecule has 4 N–H and O–H groups in total. The summed E-state index contributed by atoms with van der Waals surface area (Å²) in [6, 6.07) is 9.65. The summed E-state index contributed by atoms with van der Waals surface area (Å²) in [5.74, 6) is 0.766. The maximum absolute atomic E-state index is 12.5. The number of nitrogens with two attached hydrogens (primary N) is 1. The molecule has 1 aromatic heterocycles. The van der Waals surface area contributed by atoms with E-state index in [4.69, 9.17) is 5.73 Å². The molecule has 2 fully saturated rings. The number of aromatic nitrogens is 2. The van der Waals surface area contributed by atoms with Gasteiger partial charge in [0, 0.05) is 51.5 Å². The van der Waals surface area contributed by atoms with Gasteiger partial charge in [0.1, 0.15) is 5.82 Å². The number of benzene rings is 1. The quantitative estimate of drug-likeness (QED) is 0.670. The number of likely N-dealkylation sites (tertiary alicyclic amines) is 1. The number of rotatable bonds is 4. The Bertz CT molecular complexity index is 953. The number of nitrogens with one attached hydrogen (secondary N) is 2. The second kappa shape index (κ2) is 9.59. The van der Waals surface area contributed by atoms with Crippen molar-refractivity contribution in [3.05, 3.63) is 52.6 Å². The normalized spacial score (nSPS) is 22.3. The molecule has 0 unspecified atom stereocenters. The summed E-state index contributed by atoms with van der Waals surface area (Å²) in [6.45, 7) is 7.91. The van der Waals surface area contributed by atoms with E-state index >= 15 is 0 Å². The monoisotopic (exact) mass is 425 g/mol. The lowest BCUT2D eigenvalue weighted by Gasteiger charge is -2.35. The minimum atomic E-state index is -0.426. The zero-order valence-electron chi connectivity index (χ0n) is 18.0. The van der Waals surface area contributed by atoms with Crippen molar-refractivity contribution >= 4 is 11.8 Å². The Balaban J connectivity index is 1.39. The van der Waals surface area contributed by atoms with Gasteiger partial charge in [-0.15, -0.1) is 0 Å². The number of hydrogen-bond acceptors (Lipinski definition) is 6. The third-order valence-corrected chi connectivity index (χ3v) is 6.12. The fourth-order valence-electron chi connectivity index (χ4n) is 4.14. The lowest BCUT2D eigenvalue weighted by atomic mass is 9.94. The van der Waals surface area contributed by atoms with E-state index in [2.05, 4.69) is 27.4 Å². The highest BCUT2D eigenvalue weighted by molar-refractivity contribution is 5.88. The van der Waals surface area contributed by atoms with E-state index in [0.717, 1.165) is 44.8 Å². The summed E-state index contributed by atoms with van der Waals surface area (Å²) in [6.07, 6.45) is 2.67. The fourth-order valence-corrected chi connectivity index (χ4v) is 4.14. The Labute approximate surface area is 182 Å². The van der Waals surface area contributed by atoms with Crippen LogP contribution in [0.3, 0.4) is 0 Å². The first-order valence-electron chi connectivity index (χ1n) is 10.9. The molecule has 0 bridgehead atoms. The molecule has 9 heteroatoms. The van der Waals surface area contributed by atoms with Crippen LogP contribution in [0.1, 0.15) is 18.9 Å². The molecule has 3 heterocycles. The highest BCUT2D eigenvalue weighted by atomic mass is 16.2. The largest absolute Gasteiger partial charge is 0.354 e. The predicted molar refractivity (Wildman–Crippen MR) is 120 cm³/mol. The van der Waals surface area contributed by atoms with Crippen molar-refractivity contribution in [3.8, 4) is 5.69 Å². The molecule has 0 aliphatic carbocycles. The molecule has 2 aliphatic heterocycles. The molecular weight excluding hydrogens is 394 g/mol. The third kappa shape index (κ3) is 5.30. The smallest absolute Gasteiger partial charge is 0.327 e. The summed E-state index contributed by atoms with van der Waals surface area (Å²) >= 11 is 0. The van der Waals surface area contributed by atoms with Crippen LogP contribution in [0.15, 0.2) is 41.3 Å². The third-order valence-electron chi connectivity index (χ3n) is 6.12. The van der Waals surface area contributed by atoms with Crippen LogP contribution in [0.25, 0.3) is 5.69 Å². The standard InChI is InChI=1S/C22H31N7O2/c1-16-14-27(10-6-19(16)23)15-17-2-4-18(5-3-17)29-11-7-20(26-22(29)31)25-21(30)28-12-8-24-9-13-28/h2-5,7,11,16,19,24H,6,8-10,12-15,23H2,1H3,(H,25,26,30,31)/t16-,19-/m1/s1. The Hall–Kier alpha value is -2.75. The van der Waals surface area contributed by atoms with Crippen LogP contribution in [0.5, 0.6) is 0 Å². The Morgan fingerprint density at radius 1 is 1.19 bits per heavy atom. The molecular formula is C22H31N7O2. The van der Waals surface area contributed by atoms with Crippen LogP contribution < -0.4 is 22.1 Å². The molecule has 166 valence electrons. The van der Waals surface area contributed by atoms with E-state index in [9.17, 15) is 9.59 Å². The molecule has 31 heavy (non-hydrogen) atoms. The molecule has 1 aromatic carbocycles. The van der Waals surface area contributed by atoms with E-state index in [-0.39, 0.29) is 11.8 Å². The SMILES string of the molecule is C[C@@H]1CN(Cc2ccc(-n3ccc(NC(=O)N4CCNCC4)nc3=O)cc2)CC[C@H]1N. The maximum atomic E-state index is 12.5. The minimum Gasteiger partial charge on any atom is -0.327 e. The predicted octanol–water partition coefficient (Wildman–Crippen LogP) is 0.839. The number of amides is 2. The van der Waals surface area contributed by atoms with Gasteiger partial charge in [0.2, 0.25) is 0 Å². The van der Waals surface area contributed by atoms with Gasteiger partial charge in [0.15, 0.2) is 0 Å². The molecule has 9 nitrogen and oxygen atoms in total. The number of hydrogen-bond donors (Lipinski definition) is 3. The highest BCUT2D eigenvalue weighted by Crippen LogP contribution is 2.18. The number of anilines is 1. The van der Waals surface area contributed by atoms with Crippen molar-refractivity contribution in [1.82, 2.24) is 24.7 Å². The van der Waals surface area contributed by atoms with Gasteiger partial charge in [0.05, 0.1) is 5.69 Å². The number of piperazine rings is 1. The minimum absolute atomic E-state index is 0.233. The van der Waals surface area contributed by atoms with Crippen molar-refractivity contribution in [3.63, 3.8) is 0 Å². The van der Waals surface area contributed by atoms with Crippen LogP contribution in [0, 0.1) is 5.92 Å². The molecule has 0 radical (unpaired) electrons. The van der Waals surface area contributed by atoms with E-state index in [1.165, 1.54) is 10.1 Å². The number of carbonyl (C=O) groups is 1. The van der Waals surface area contributed by atoms with E-state index in [0.29, 0.717) is 25.0 Å². The maximum Gasteiger partial charge on any atom is 0.354 e. The van der Waals surface area contributed by atoms with Gasteiger partial charge < -0.3 is 16.0 Å². The Morgan fingerprint density at radius 2 is 1.94 bits per heavy atom. The molecule has 2 saturated heterocycles. The Kier molecular flexibility index (Phi) is 6.64. The summed E-state index contributed by atoms with van der Waals surface area (Å²) in [7, 11) is 0. The van der Waals surface area contributed by atoms with E-state index in [1.807, 2.05) is 24.3 Å². The first-order chi connectivity index (χ1) is 15.0. The first-order valence-corrected chi connectivity index (χ1v) is 10.9. The molecule has 2 aromatic rings. The average molecular weight is 426 g/mol.